The van der Waals surface area contributed by atoms with E-state index in [1.807, 2.05) is 30.0 Å². The van der Waals surface area contributed by atoms with Gasteiger partial charge < -0.3 is 5.32 Å². The Morgan fingerprint density at radius 3 is 3.00 bits per heavy atom. The van der Waals surface area contributed by atoms with Crippen LogP contribution in [0.15, 0.2) is 22.7 Å². The standard InChI is InChI=1S/C10H11BrClNS/c1-6-5-13-10(14-6)8-4-7(12)2-3-9(8)11/h2-4,6,10,13H,5H2,1H3. The second-order valence-corrected chi connectivity index (χ2v) is 6.24. The van der Waals surface area contributed by atoms with Crippen LogP contribution in [0.5, 0.6) is 0 Å². The molecule has 0 aliphatic carbocycles. The quantitative estimate of drug-likeness (QED) is 0.844. The van der Waals surface area contributed by atoms with Crippen molar-refractivity contribution >= 4 is 39.3 Å². The fourth-order valence-electron chi connectivity index (χ4n) is 1.50. The van der Waals surface area contributed by atoms with Gasteiger partial charge in [0.15, 0.2) is 0 Å². The minimum atomic E-state index is 0.373. The van der Waals surface area contributed by atoms with Gasteiger partial charge in [0.25, 0.3) is 0 Å². The van der Waals surface area contributed by atoms with E-state index in [1.54, 1.807) is 0 Å². The van der Waals surface area contributed by atoms with Gasteiger partial charge in [0.2, 0.25) is 0 Å². The average Bonchev–Trinajstić information content (AvgIpc) is 2.56. The fraction of sp³-hybridized carbons (Fsp3) is 0.400. The van der Waals surface area contributed by atoms with Gasteiger partial charge in [0.05, 0.1) is 5.37 Å². The first-order chi connectivity index (χ1) is 6.66. The van der Waals surface area contributed by atoms with E-state index in [4.69, 9.17) is 11.6 Å². The lowest BCUT2D eigenvalue weighted by atomic mass is 10.2. The van der Waals surface area contributed by atoms with Gasteiger partial charge in [-0.25, -0.2) is 0 Å². The molecule has 1 saturated heterocycles. The molecule has 1 aliphatic heterocycles. The molecule has 14 heavy (non-hydrogen) atoms. The maximum Gasteiger partial charge on any atom is 0.0804 e. The molecular weight excluding hydrogens is 282 g/mol. The van der Waals surface area contributed by atoms with Crippen molar-refractivity contribution in [3.05, 3.63) is 33.3 Å². The van der Waals surface area contributed by atoms with Crippen LogP contribution in [0.2, 0.25) is 5.02 Å². The highest BCUT2D eigenvalue weighted by Crippen LogP contribution is 2.38. The van der Waals surface area contributed by atoms with Crippen molar-refractivity contribution in [2.45, 2.75) is 17.5 Å². The van der Waals surface area contributed by atoms with Crippen molar-refractivity contribution < 1.29 is 0 Å². The van der Waals surface area contributed by atoms with Gasteiger partial charge in [-0.1, -0.05) is 34.5 Å². The molecule has 1 N–H and O–H groups in total. The second-order valence-electron chi connectivity index (χ2n) is 3.40. The van der Waals surface area contributed by atoms with E-state index in [0.29, 0.717) is 10.6 Å². The minimum absolute atomic E-state index is 0.373. The Balaban J connectivity index is 2.27. The summed E-state index contributed by atoms with van der Waals surface area (Å²) < 4.78 is 1.13. The van der Waals surface area contributed by atoms with Crippen molar-refractivity contribution in [1.29, 1.82) is 0 Å². The average molecular weight is 293 g/mol. The molecule has 0 aromatic heterocycles. The second kappa shape index (κ2) is 4.44. The highest BCUT2D eigenvalue weighted by atomic mass is 79.9. The Bertz CT molecular complexity index is 345. The molecule has 0 bridgehead atoms. The van der Waals surface area contributed by atoms with Crippen LogP contribution in [0.25, 0.3) is 0 Å². The number of benzene rings is 1. The molecule has 2 atom stereocenters. The van der Waals surface area contributed by atoms with E-state index in [1.165, 1.54) is 5.56 Å². The molecule has 2 unspecified atom stereocenters. The molecule has 0 radical (unpaired) electrons. The molecule has 1 aliphatic rings. The molecule has 0 saturated carbocycles. The van der Waals surface area contributed by atoms with E-state index in [9.17, 15) is 0 Å². The molecule has 0 amide bonds. The predicted molar refractivity (Wildman–Crippen MR) is 66.9 cm³/mol. The van der Waals surface area contributed by atoms with Crippen LogP contribution in [0.4, 0.5) is 0 Å². The maximum atomic E-state index is 5.97. The van der Waals surface area contributed by atoms with Crippen molar-refractivity contribution in [3.8, 4) is 0 Å². The molecule has 1 nitrogen and oxygen atoms in total. The van der Waals surface area contributed by atoms with Crippen LogP contribution in [-0.2, 0) is 0 Å². The van der Waals surface area contributed by atoms with Crippen molar-refractivity contribution in [2.75, 3.05) is 6.54 Å². The zero-order valence-electron chi connectivity index (χ0n) is 7.76. The fourth-order valence-corrected chi connectivity index (χ4v) is 3.50. The predicted octanol–water partition coefficient (Wildman–Crippen LogP) is 3.83. The molecule has 1 fully saturated rings. The summed E-state index contributed by atoms with van der Waals surface area (Å²) in [7, 11) is 0. The number of thioether (sulfide) groups is 1. The molecule has 76 valence electrons. The van der Waals surface area contributed by atoms with Crippen LogP contribution >= 0.6 is 39.3 Å². The number of halogens is 2. The maximum absolute atomic E-state index is 5.97. The van der Waals surface area contributed by atoms with Gasteiger partial charge in [0.1, 0.15) is 0 Å². The van der Waals surface area contributed by atoms with Gasteiger partial charge in [0, 0.05) is 21.3 Å². The normalized spacial score (nSPS) is 26.8. The Labute approximate surface area is 102 Å². The van der Waals surface area contributed by atoms with Gasteiger partial charge in [-0.05, 0) is 23.8 Å². The summed E-state index contributed by atoms with van der Waals surface area (Å²) in [6.07, 6.45) is 0. The first kappa shape index (κ1) is 10.8. The van der Waals surface area contributed by atoms with Crippen molar-refractivity contribution in [2.24, 2.45) is 0 Å². The van der Waals surface area contributed by atoms with E-state index < -0.39 is 0 Å². The van der Waals surface area contributed by atoms with Crippen LogP contribution in [-0.4, -0.2) is 11.8 Å². The van der Waals surface area contributed by atoms with Crippen LogP contribution in [0.3, 0.4) is 0 Å². The largest absolute Gasteiger partial charge is 0.300 e. The van der Waals surface area contributed by atoms with E-state index in [-0.39, 0.29) is 0 Å². The van der Waals surface area contributed by atoms with Crippen LogP contribution in [0.1, 0.15) is 17.9 Å². The Morgan fingerprint density at radius 2 is 2.36 bits per heavy atom. The summed E-state index contributed by atoms with van der Waals surface area (Å²) in [6.45, 7) is 3.30. The lowest BCUT2D eigenvalue weighted by Crippen LogP contribution is -2.14. The van der Waals surface area contributed by atoms with Gasteiger partial charge in [-0.15, -0.1) is 11.8 Å². The zero-order chi connectivity index (χ0) is 10.1. The molecule has 1 aromatic rings. The monoisotopic (exact) mass is 291 g/mol. The third kappa shape index (κ3) is 2.27. The van der Waals surface area contributed by atoms with Gasteiger partial charge in [-0.3, -0.25) is 0 Å². The van der Waals surface area contributed by atoms with E-state index in [2.05, 4.69) is 28.2 Å². The Kier molecular flexibility index (Phi) is 3.42. The van der Waals surface area contributed by atoms with Gasteiger partial charge >= 0.3 is 0 Å². The summed E-state index contributed by atoms with van der Waals surface area (Å²) >= 11 is 11.5. The SMILES string of the molecule is CC1CNC(c2cc(Cl)ccc2Br)S1. The highest BCUT2D eigenvalue weighted by molar-refractivity contribution is 9.10. The third-order valence-electron chi connectivity index (χ3n) is 2.20. The summed E-state index contributed by atoms with van der Waals surface area (Å²) in [6, 6.07) is 5.93. The van der Waals surface area contributed by atoms with Gasteiger partial charge in [-0.2, -0.15) is 0 Å². The molecular formula is C10H11BrClNS. The van der Waals surface area contributed by atoms with Crippen LogP contribution < -0.4 is 5.32 Å². The lowest BCUT2D eigenvalue weighted by Gasteiger charge is -2.12. The van der Waals surface area contributed by atoms with E-state index in [0.717, 1.165) is 16.0 Å². The molecule has 1 aromatic carbocycles. The topological polar surface area (TPSA) is 12.0 Å². The number of hydrogen-bond acceptors (Lipinski definition) is 2. The molecule has 0 spiro atoms. The summed E-state index contributed by atoms with van der Waals surface area (Å²) in [5, 5.41) is 5.31. The number of hydrogen-bond donors (Lipinski definition) is 1. The molecule has 2 rings (SSSR count). The first-order valence-electron chi connectivity index (χ1n) is 4.50. The van der Waals surface area contributed by atoms with Crippen LogP contribution in [0, 0.1) is 0 Å². The Hall–Kier alpha value is 0.300. The molecule has 1 heterocycles. The Morgan fingerprint density at radius 1 is 1.57 bits per heavy atom. The summed E-state index contributed by atoms with van der Waals surface area (Å²) in [5.41, 5.74) is 1.24. The lowest BCUT2D eigenvalue weighted by molar-refractivity contribution is 0.716. The first-order valence-corrected chi connectivity index (χ1v) is 6.62. The highest BCUT2D eigenvalue weighted by Gasteiger charge is 2.24. The number of rotatable bonds is 1. The van der Waals surface area contributed by atoms with Crippen molar-refractivity contribution in [3.63, 3.8) is 0 Å². The smallest absolute Gasteiger partial charge is 0.0804 e. The summed E-state index contributed by atoms with van der Waals surface area (Å²) in [4.78, 5) is 0. The zero-order valence-corrected chi connectivity index (χ0v) is 10.9. The number of nitrogens with one attached hydrogen (secondary N) is 1. The summed E-state index contributed by atoms with van der Waals surface area (Å²) in [5.74, 6) is 0. The third-order valence-corrected chi connectivity index (χ3v) is 4.48. The van der Waals surface area contributed by atoms with E-state index >= 15 is 0 Å². The molecule has 4 heteroatoms. The minimum Gasteiger partial charge on any atom is -0.300 e. The van der Waals surface area contributed by atoms with Crippen molar-refractivity contribution in [1.82, 2.24) is 5.32 Å².